The van der Waals surface area contributed by atoms with Gasteiger partial charge in [0.1, 0.15) is 0 Å². The lowest BCUT2D eigenvalue weighted by atomic mass is 10.1. The van der Waals surface area contributed by atoms with Crippen molar-refractivity contribution < 1.29 is 9.59 Å². The summed E-state index contributed by atoms with van der Waals surface area (Å²) in [7, 11) is 0. The van der Waals surface area contributed by atoms with Gasteiger partial charge in [0.05, 0.1) is 10.9 Å². The smallest absolute Gasteiger partial charge is 0.237 e. The summed E-state index contributed by atoms with van der Waals surface area (Å²) in [6.45, 7) is 5.41. The Morgan fingerprint density at radius 1 is 1.15 bits per heavy atom. The Morgan fingerprint density at radius 3 is 2.59 bits per heavy atom. The molecule has 0 fully saturated rings. The van der Waals surface area contributed by atoms with Gasteiger partial charge >= 0.3 is 0 Å². The molecule has 0 spiro atoms. The molecule has 0 aliphatic carbocycles. The lowest BCUT2D eigenvalue weighted by Gasteiger charge is -2.11. The number of thiazole rings is 1. The Morgan fingerprint density at radius 2 is 1.89 bits per heavy atom. The fourth-order valence-corrected chi connectivity index (χ4v) is 4.40. The van der Waals surface area contributed by atoms with Gasteiger partial charge in [0.25, 0.3) is 0 Å². The molecule has 138 valence electrons. The van der Waals surface area contributed by atoms with E-state index in [-0.39, 0.29) is 16.9 Å². The zero-order chi connectivity index (χ0) is 19.4. The number of carbonyl (C=O) groups excluding carboxylic acids is 2. The van der Waals surface area contributed by atoms with Gasteiger partial charge in [-0.2, -0.15) is 0 Å². The van der Waals surface area contributed by atoms with E-state index in [0.29, 0.717) is 11.3 Å². The Bertz CT molecular complexity index is 964. The first-order chi connectivity index (χ1) is 12.9. The van der Waals surface area contributed by atoms with Crippen LogP contribution in [0.25, 0.3) is 11.3 Å². The van der Waals surface area contributed by atoms with Gasteiger partial charge in [0, 0.05) is 22.2 Å². The van der Waals surface area contributed by atoms with Crippen molar-refractivity contribution in [3.05, 3.63) is 65.0 Å². The second-order valence-corrected chi connectivity index (χ2v) is 8.70. The predicted molar refractivity (Wildman–Crippen MR) is 113 cm³/mol. The fourth-order valence-electron chi connectivity index (χ4n) is 2.43. The molecule has 1 amide bonds. The highest BCUT2D eigenvalue weighted by Gasteiger charge is 2.17. The number of amides is 1. The Kier molecular flexibility index (Phi) is 6.08. The van der Waals surface area contributed by atoms with Crippen molar-refractivity contribution in [3.8, 4) is 11.3 Å². The number of benzene rings is 2. The van der Waals surface area contributed by atoms with Gasteiger partial charge in [0.15, 0.2) is 10.1 Å². The number of aromatic nitrogens is 1. The van der Waals surface area contributed by atoms with E-state index >= 15 is 0 Å². The molecule has 3 rings (SSSR count). The number of nitrogens with zero attached hydrogens (tertiary/aromatic N) is 1. The highest BCUT2D eigenvalue weighted by Crippen LogP contribution is 2.31. The van der Waals surface area contributed by atoms with Crippen LogP contribution in [0.15, 0.2) is 58.3 Å². The maximum Gasteiger partial charge on any atom is 0.237 e. The van der Waals surface area contributed by atoms with Crippen LogP contribution in [0, 0.1) is 6.92 Å². The minimum Gasteiger partial charge on any atom is -0.325 e. The van der Waals surface area contributed by atoms with E-state index < -0.39 is 0 Å². The van der Waals surface area contributed by atoms with Crippen molar-refractivity contribution in [2.45, 2.75) is 30.4 Å². The predicted octanol–water partition coefficient (Wildman–Crippen LogP) is 5.44. The molecule has 27 heavy (non-hydrogen) atoms. The summed E-state index contributed by atoms with van der Waals surface area (Å²) in [5.74, 6) is -0.146. The lowest BCUT2D eigenvalue weighted by molar-refractivity contribution is -0.115. The van der Waals surface area contributed by atoms with Crippen LogP contribution in [0.5, 0.6) is 0 Å². The van der Waals surface area contributed by atoms with E-state index in [1.54, 1.807) is 24.3 Å². The quantitative estimate of drug-likeness (QED) is 0.445. The van der Waals surface area contributed by atoms with E-state index in [2.05, 4.69) is 41.5 Å². The fraction of sp³-hybridized carbons (Fsp3) is 0.190. The third kappa shape index (κ3) is 5.05. The van der Waals surface area contributed by atoms with Gasteiger partial charge in [0.2, 0.25) is 5.91 Å². The SMILES string of the molecule is CC(=O)c1cccc(NC(=O)[C@@H](C)Sc2nc(-c3ccc(C)cc3)cs2)c1. The second-order valence-electron chi connectivity index (χ2n) is 6.25. The summed E-state index contributed by atoms with van der Waals surface area (Å²) in [6.07, 6.45) is 0. The number of nitrogens with one attached hydrogen (secondary N) is 1. The minimum atomic E-state index is -0.303. The number of aryl methyl sites for hydroxylation is 1. The van der Waals surface area contributed by atoms with Crippen LogP contribution in [-0.2, 0) is 4.79 Å². The Hall–Kier alpha value is -2.44. The van der Waals surface area contributed by atoms with Crippen molar-refractivity contribution in [2.24, 2.45) is 0 Å². The summed E-state index contributed by atoms with van der Waals surface area (Å²) in [4.78, 5) is 28.6. The van der Waals surface area contributed by atoms with E-state index in [9.17, 15) is 9.59 Å². The second kappa shape index (κ2) is 8.50. The first-order valence-electron chi connectivity index (χ1n) is 8.53. The van der Waals surface area contributed by atoms with Crippen LogP contribution in [-0.4, -0.2) is 21.9 Å². The highest BCUT2D eigenvalue weighted by molar-refractivity contribution is 8.02. The third-order valence-corrected chi connectivity index (χ3v) is 6.09. The van der Waals surface area contributed by atoms with Crippen molar-refractivity contribution in [1.82, 2.24) is 4.98 Å². The molecular weight excluding hydrogens is 376 g/mol. The molecule has 3 aromatic rings. The van der Waals surface area contributed by atoms with Crippen molar-refractivity contribution in [1.29, 1.82) is 0 Å². The summed E-state index contributed by atoms with van der Waals surface area (Å²) in [5, 5.41) is 4.57. The van der Waals surface area contributed by atoms with E-state index in [1.165, 1.54) is 35.6 Å². The Balaban J connectivity index is 1.64. The van der Waals surface area contributed by atoms with Crippen LogP contribution >= 0.6 is 23.1 Å². The number of carbonyl (C=O) groups is 2. The van der Waals surface area contributed by atoms with Gasteiger partial charge in [-0.05, 0) is 32.9 Å². The number of ketones is 1. The topological polar surface area (TPSA) is 59.1 Å². The van der Waals surface area contributed by atoms with E-state index in [0.717, 1.165) is 15.6 Å². The Labute approximate surface area is 167 Å². The number of rotatable bonds is 6. The molecule has 4 nitrogen and oxygen atoms in total. The average molecular weight is 397 g/mol. The highest BCUT2D eigenvalue weighted by atomic mass is 32.2. The minimum absolute atomic E-state index is 0.0278. The van der Waals surface area contributed by atoms with Gasteiger partial charge in [-0.25, -0.2) is 4.98 Å². The molecule has 1 heterocycles. The van der Waals surface area contributed by atoms with Gasteiger partial charge in [-0.3, -0.25) is 9.59 Å². The third-order valence-electron chi connectivity index (χ3n) is 4.01. The summed E-state index contributed by atoms with van der Waals surface area (Å²) in [5.41, 5.74) is 4.41. The average Bonchev–Trinajstić information content (AvgIpc) is 3.11. The van der Waals surface area contributed by atoms with E-state index in [1.807, 2.05) is 12.3 Å². The molecule has 1 atom stereocenters. The van der Waals surface area contributed by atoms with Crippen molar-refractivity contribution >= 4 is 40.5 Å². The monoisotopic (exact) mass is 396 g/mol. The van der Waals surface area contributed by atoms with Crippen LogP contribution in [0.3, 0.4) is 0 Å². The van der Waals surface area contributed by atoms with E-state index in [4.69, 9.17) is 0 Å². The van der Waals surface area contributed by atoms with Crippen LogP contribution in [0.2, 0.25) is 0 Å². The summed E-state index contributed by atoms with van der Waals surface area (Å²) in [6, 6.07) is 15.2. The summed E-state index contributed by atoms with van der Waals surface area (Å²) >= 11 is 2.96. The van der Waals surface area contributed by atoms with Crippen LogP contribution in [0.1, 0.15) is 29.8 Å². The number of anilines is 1. The molecule has 6 heteroatoms. The molecule has 0 bridgehead atoms. The molecule has 0 unspecified atom stereocenters. The molecule has 1 aromatic heterocycles. The maximum absolute atomic E-state index is 12.5. The van der Waals surface area contributed by atoms with Crippen molar-refractivity contribution in [2.75, 3.05) is 5.32 Å². The van der Waals surface area contributed by atoms with Gasteiger partial charge < -0.3 is 5.32 Å². The van der Waals surface area contributed by atoms with Crippen LogP contribution < -0.4 is 5.32 Å². The molecule has 0 saturated carbocycles. The number of hydrogen-bond donors (Lipinski definition) is 1. The lowest BCUT2D eigenvalue weighted by Crippen LogP contribution is -2.22. The maximum atomic E-state index is 12.5. The molecular formula is C21H20N2O2S2. The van der Waals surface area contributed by atoms with Crippen molar-refractivity contribution in [3.63, 3.8) is 0 Å². The molecule has 0 saturated heterocycles. The zero-order valence-corrected chi connectivity index (χ0v) is 17.0. The first-order valence-corrected chi connectivity index (χ1v) is 10.3. The first kappa shape index (κ1) is 19.3. The number of hydrogen-bond acceptors (Lipinski definition) is 5. The number of Topliss-reactive ketones (excluding diaryl/α,β-unsaturated/α-hetero) is 1. The summed E-state index contributed by atoms with van der Waals surface area (Å²) < 4.78 is 0.853. The molecule has 1 N–H and O–H groups in total. The van der Waals surface area contributed by atoms with Gasteiger partial charge in [-0.1, -0.05) is 53.7 Å². The molecule has 2 aromatic carbocycles. The number of thioether (sulfide) groups is 1. The molecule has 0 aliphatic heterocycles. The zero-order valence-electron chi connectivity index (χ0n) is 15.4. The van der Waals surface area contributed by atoms with Gasteiger partial charge in [-0.15, -0.1) is 11.3 Å². The largest absolute Gasteiger partial charge is 0.325 e. The molecule has 0 radical (unpaired) electrons. The molecule has 0 aliphatic rings. The van der Waals surface area contributed by atoms with Crippen LogP contribution in [0.4, 0.5) is 5.69 Å². The normalized spacial score (nSPS) is 11.8. The standard InChI is InChI=1S/C21H20N2O2S2/c1-13-7-9-16(10-8-13)19-12-26-21(23-19)27-15(3)20(25)22-18-6-4-5-17(11-18)14(2)24/h4-12,15H,1-3H3,(H,22,25)/t15-/m1/s1.